The van der Waals surface area contributed by atoms with Crippen molar-refractivity contribution in [2.75, 3.05) is 13.1 Å². The summed E-state index contributed by atoms with van der Waals surface area (Å²) < 4.78 is 0. The number of rotatable bonds is 4. The smallest absolute Gasteiger partial charge is 0.255 e. The molecule has 8 nitrogen and oxygen atoms in total. The second kappa shape index (κ2) is 7.03. The highest BCUT2D eigenvalue weighted by Gasteiger charge is 2.39. The van der Waals surface area contributed by atoms with Crippen LogP contribution in [0.25, 0.3) is 0 Å². The Kier molecular flexibility index (Phi) is 4.71. The van der Waals surface area contributed by atoms with Crippen molar-refractivity contribution in [2.24, 2.45) is 5.73 Å². The summed E-state index contributed by atoms with van der Waals surface area (Å²) in [6.45, 7) is 2.08. The van der Waals surface area contributed by atoms with Gasteiger partial charge in [0, 0.05) is 44.2 Å². The maximum absolute atomic E-state index is 12.9. The molecule has 0 spiro atoms. The van der Waals surface area contributed by atoms with Crippen LogP contribution in [0.1, 0.15) is 40.7 Å². The van der Waals surface area contributed by atoms with Crippen molar-refractivity contribution in [2.45, 2.75) is 50.5 Å². The number of likely N-dealkylation sites (tertiary alicyclic amines) is 1. The minimum absolute atomic E-state index is 0.143. The molecule has 3 aliphatic rings. The molecule has 1 aromatic carbocycles. The number of amides is 3. The van der Waals surface area contributed by atoms with Crippen LogP contribution in [0.15, 0.2) is 18.2 Å². The average Bonchev–Trinajstić information content (AvgIpc) is 3.15. The number of β-amino-alcohol motifs (C(OH)–C–C–N with tert-alkyl or cyclic N) is 1. The topological polar surface area (TPSA) is 116 Å². The van der Waals surface area contributed by atoms with Gasteiger partial charge in [0.25, 0.3) is 5.91 Å². The van der Waals surface area contributed by atoms with Gasteiger partial charge in [-0.05, 0) is 30.0 Å². The first kappa shape index (κ1) is 18.1. The summed E-state index contributed by atoms with van der Waals surface area (Å²) in [6, 6.07) is 5.34. The minimum atomic E-state index is -0.596. The van der Waals surface area contributed by atoms with Crippen LogP contribution in [0.2, 0.25) is 0 Å². The fraction of sp³-hybridized carbons (Fsp3) is 0.526. The first-order valence-corrected chi connectivity index (χ1v) is 9.35. The molecule has 1 unspecified atom stereocenters. The van der Waals surface area contributed by atoms with Gasteiger partial charge >= 0.3 is 0 Å². The zero-order valence-electron chi connectivity index (χ0n) is 15.1. The molecule has 4 N–H and O–H groups in total. The molecule has 0 saturated carbocycles. The molecule has 8 heteroatoms. The molecule has 3 atom stereocenters. The zero-order valence-corrected chi connectivity index (χ0v) is 15.1. The lowest BCUT2D eigenvalue weighted by atomic mass is 10.0. The third-order valence-corrected chi connectivity index (χ3v) is 5.76. The van der Waals surface area contributed by atoms with Crippen LogP contribution in [-0.2, 0) is 22.7 Å². The van der Waals surface area contributed by atoms with E-state index in [9.17, 15) is 19.5 Å². The number of piperidine rings is 1. The predicted molar refractivity (Wildman–Crippen MR) is 96.4 cm³/mol. The third kappa shape index (κ3) is 3.36. The standard InChI is InChI=1S/C19H24N4O4/c20-7-13-6-14(24)10-22(13)8-11-1-2-12-9-23(19(27)15(12)5-11)16-3-4-17(25)21-18(16)26/h1-2,5,13-14,16,24H,3-4,6-10,20H2,(H,21,25,26)/t13-,14+,16?/m1/s1. The van der Waals surface area contributed by atoms with E-state index in [2.05, 4.69) is 10.2 Å². The number of nitrogens with zero attached hydrogens (tertiary/aromatic N) is 2. The predicted octanol–water partition coefficient (Wildman–Crippen LogP) is -0.658. The van der Waals surface area contributed by atoms with Gasteiger partial charge in [0.15, 0.2) is 0 Å². The molecule has 2 fully saturated rings. The Morgan fingerprint density at radius 1 is 1.26 bits per heavy atom. The Bertz CT molecular complexity index is 796. The lowest BCUT2D eigenvalue weighted by Crippen LogP contribution is -2.52. The minimum Gasteiger partial charge on any atom is -0.392 e. The van der Waals surface area contributed by atoms with Crippen LogP contribution in [0, 0.1) is 0 Å². The van der Waals surface area contributed by atoms with Gasteiger partial charge in [-0.25, -0.2) is 0 Å². The van der Waals surface area contributed by atoms with Gasteiger partial charge in [0.2, 0.25) is 11.8 Å². The van der Waals surface area contributed by atoms with Gasteiger partial charge in [-0.15, -0.1) is 0 Å². The first-order valence-electron chi connectivity index (χ1n) is 9.35. The molecule has 3 heterocycles. The number of fused-ring (bicyclic) bond motifs is 1. The summed E-state index contributed by atoms with van der Waals surface area (Å²) in [7, 11) is 0. The summed E-state index contributed by atoms with van der Waals surface area (Å²) in [6.07, 6.45) is 0.919. The highest BCUT2D eigenvalue weighted by atomic mass is 16.3. The van der Waals surface area contributed by atoms with Crippen molar-refractivity contribution in [1.29, 1.82) is 0 Å². The number of hydrogen-bond acceptors (Lipinski definition) is 6. The van der Waals surface area contributed by atoms with E-state index < -0.39 is 11.9 Å². The van der Waals surface area contributed by atoms with Gasteiger partial charge in [0.1, 0.15) is 6.04 Å². The maximum atomic E-state index is 12.9. The van der Waals surface area contributed by atoms with E-state index in [4.69, 9.17) is 5.73 Å². The molecule has 0 radical (unpaired) electrons. The molecule has 0 bridgehead atoms. The fourth-order valence-corrected chi connectivity index (χ4v) is 4.33. The van der Waals surface area contributed by atoms with E-state index in [0.717, 1.165) is 11.1 Å². The van der Waals surface area contributed by atoms with E-state index >= 15 is 0 Å². The number of aliphatic hydroxyl groups is 1. The lowest BCUT2D eigenvalue weighted by molar-refractivity contribution is -0.136. The first-order chi connectivity index (χ1) is 13.0. The van der Waals surface area contributed by atoms with Crippen LogP contribution < -0.4 is 11.1 Å². The molecule has 3 amide bonds. The van der Waals surface area contributed by atoms with Crippen LogP contribution in [0.5, 0.6) is 0 Å². The molecule has 3 aliphatic heterocycles. The van der Waals surface area contributed by atoms with Crippen molar-refractivity contribution < 1.29 is 19.5 Å². The Balaban J connectivity index is 1.50. The van der Waals surface area contributed by atoms with Gasteiger partial charge in [-0.2, -0.15) is 0 Å². The van der Waals surface area contributed by atoms with Crippen molar-refractivity contribution >= 4 is 17.7 Å². The maximum Gasteiger partial charge on any atom is 0.255 e. The summed E-state index contributed by atoms with van der Waals surface area (Å²) >= 11 is 0. The third-order valence-electron chi connectivity index (χ3n) is 5.76. The molecule has 1 aromatic rings. The second-order valence-electron chi connectivity index (χ2n) is 7.60. The highest BCUT2D eigenvalue weighted by Crippen LogP contribution is 2.29. The van der Waals surface area contributed by atoms with Gasteiger partial charge < -0.3 is 15.7 Å². The molecule has 2 saturated heterocycles. The van der Waals surface area contributed by atoms with Gasteiger partial charge in [0.05, 0.1) is 6.10 Å². The average molecular weight is 372 g/mol. The Labute approximate surface area is 157 Å². The molecular formula is C19H24N4O4. The van der Waals surface area contributed by atoms with E-state index in [-0.39, 0.29) is 30.4 Å². The molecule has 4 rings (SSSR count). The van der Waals surface area contributed by atoms with Crippen LogP contribution >= 0.6 is 0 Å². The number of benzene rings is 1. The number of nitrogens with two attached hydrogens (primary N) is 1. The number of carbonyl (C=O) groups excluding carboxylic acids is 3. The molecule has 0 aliphatic carbocycles. The molecule has 144 valence electrons. The van der Waals surface area contributed by atoms with Gasteiger partial charge in [-0.3, -0.25) is 24.6 Å². The van der Waals surface area contributed by atoms with Gasteiger partial charge in [-0.1, -0.05) is 12.1 Å². The molecule has 27 heavy (non-hydrogen) atoms. The number of hydrogen-bond donors (Lipinski definition) is 3. The molecular weight excluding hydrogens is 348 g/mol. The number of aliphatic hydroxyl groups excluding tert-OH is 1. The second-order valence-corrected chi connectivity index (χ2v) is 7.60. The summed E-state index contributed by atoms with van der Waals surface area (Å²) in [5.74, 6) is -0.854. The van der Waals surface area contributed by atoms with Crippen LogP contribution in [-0.4, -0.2) is 63.9 Å². The quantitative estimate of drug-likeness (QED) is 0.605. The monoisotopic (exact) mass is 372 g/mol. The fourth-order valence-electron chi connectivity index (χ4n) is 4.33. The zero-order chi connectivity index (χ0) is 19.1. The SMILES string of the molecule is NC[C@H]1C[C@H](O)CN1Cc1ccc2c(c1)C(=O)N(C1CCC(=O)NC1=O)C2. The van der Waals surface area contributed by atoms with Crippen molar-refractivity contribution in [1.82, 2.24) is 15.1 Å². The number of imide groups is 1. The lowest BCUT2D eigenvalue weighted by Gasteiger charge is -2.29. The van der Waals surface area contributed by atoms with E-state index in [1.165, 1.54) is 0 Å². The number of nitrogens with one attached hydrogen (secondary N) is 1. The van der Waals surface area contributed by atoms with Crippen molar-refractivity contribution in [3.8, 4) is 0 Å². The summed E-state index contributed by atoms with van der Waals surface area (Å²) in [4.78, 5) is 40.0. The Morgan fingerprint density at radius 2 is 2.07 bits per heavy atom. The largest absolute Gasteiger partial charge is 0.392 e. The Hall–Kier alpha value is -2.29. The highest BCUT2D eigenvalue weighted by molar-refractivity contribution is 6.05. The van der Waals surface area contributed by atoms with Crippen molar-refractivity contribution in [3.05, 3.63) is 34.9 Å². The van der Waals surface area contributed by atoms with E-state index in [1.54, 1.807) is 4.90 Å². The van der Waals surface area contributed by atoms with Crippen LogP contribution in [0.4, 0.5) is 0 Å². The molecule has 0 aromatic heterocycles. The summed E-state index contributed by atoms with van der Waals surface area (Å²) in [5, 5.41) is 12.2. The Morgan fingerprint density at radius 3 is 2.81 bits per heavy atom. The normalized spacial score (nSPS) is 28.6. The van der Waals surface area contributed by atoms with E-state index in [0.29, 0.717) is 44.6 Å². The van der Waals surface area contributed by atoms with Crippen molar-refractivity contribution in [3.63, 3.8) is 0 Å². The van der Waals surface area contributed by atoms with Crippen LogP contribution in [0.3, 0.4) is 0 Å². The summed E-state index contributed by atoms with van der Waals surface area (Å²) in [5.41, 5.74) is 8.29. The number of carbonyl (C=O) groups is 3. The van der Waals surface area contributed by atoms with E-state index in [1.807, 2.05) is 18.2 Å².